The summed E-state index contributed by atoms with van der Waals surface area (Å²) in [5, 5.41) is 8.57. The highest BCUT2D eigenvalue weighted by atomic mass is 35.5. The molecule has 2 heterocycles. The van der Waals surface area contributed by atoms with Gasteiger partial charge in [0.05, 0.1) is 12.2 Å². The maximum Gasteiger partial charge on any atom is 0.268 e. The van der Waals surface area contributed by atoms with Crippen LogP contribution in [0.2, 0.25) is 5.02 Å². The lowest BCUT2D eigenvalue weighted by Gasteiger charge is -2.25. The molecule has 0 saturated carbocycles. The minimum absolute atomic E-state index is 0.00794. The molecule has 0 bridgehead atoms. The van der Waals surface area contributed by atoms with Gasteiger partial charge in [0.15, 0.2) is 5.65 Å². The predicted molar refractivity (Wildman–Crippen MR) is 114 cm³/mol. The Morgan fingerprint density at radius 2 is 1.87 bits per heavy atom. The second kappa shape index (κ2) is 8.04. The number of aromatic nitrogens is 3. The van der Waals surface area contributed by atoms with Crippen molar-refractivity contribution in [1.29, 1.82) is 0 Å². The van der Waals surface area contributed by atoms with Crippen LogP contribution in [0.1, 0.15) is 18.3 Å². The minimum Gasteiger partial charge on any atom is -0.285 e. The average Bonchev–Trinajstić information content (AvgIpc) is 3.15. The van der Waals surface area contributed by atoms with Crippen molar-refractivity contribution in [2.24, 2.45) is 0 Å². The van der Waals surface area contributed by atoms with Crippen molar-refractivity contribution in [1.82, 2.24) is 14.6 Å². The summed E-state index contributed by atoms with van der Waals surface area (Å²) in [6, 6.07) is 15.5. The molecule has 9 heteroatoms. The zero-order valence-electron chi connectivity index (χ0n) is 16.0. The Morgan fingerprint density at radius 3 is 2.60 bits per heavy atom. The summed E-state index contributed by atoms with van der Waals surface area (Å²) in [7, 11) is -4.07. The van der Waals surface area contributed by atoms with Crippen LogP contribution in [-0.4, -0.2) is 23.0 Å². The molecule has 0 aliphatic rings. The number of sulfonamides is 1. The molecule has 4 rings (SSSR count). The van der Waals surface area contributed by atoms with Gasteiger partial charge in [0.2, 0.25) is 0 Å². The number of anilines is 1. The third kappa shape index (κ3) is 3.76. The molecule has 0 aliphatic heterocycles. The van der Waals surface area contributed by atoms with E-state index in [0.717, 1.165) is 0 Å². The first kappa shape index (κ1) is 20.3. The normalized spacial score (nSPS) is 11.7. The first-order valence-corrected chi connectivity index (χ1v) is 11.1. The van der Waals surface area contributed by atoms with Gasteiger partial charge in [-0.25, -0.2) is 12.8 Å². The molecule has 0 saturated heterocycles. The topological polar surface area (TPSA) is 67.6 Å². The molecule has 0 amide bonds. The zero-order chi connectivity index (χ0) is 21.3. The highest BCUT2D eigenvalue weighted by Crippen LogP contribution is 2.29. The van der Waals surface area contributed by atoms with Crippen LogP contribution in [-0.2, 0) is 23.0 Å². The molecule has 6 nitrogen and oxygen atoms in total. The maximum absolute atomic E-state index is 13.8. The first-order valence-electron chi connectivity index (χ1n) is 9.25. The summed E-state index contributed by atoms with van der Waals surface area (Å²) in [6.07, 6.45) is 2.33. The first-order chi connectivity index (χ1) is 14.4. The number of pyridine rings is 1. The molecule has 0 aliphatic carbocycles. The van der Waals surface area contributed by atoms with Crippen molar-refractivity contribution in [2.45, 2.75) is 24.8 Å². The Labute approximate surface area is 178 Å². The van der Waals surface area contributed by atoms with Gasteiger partial charge < -0.3 is 0 Å². The van der Waals surface area contributed by atoms with Gasteiger partial charge in [0, 0.05) is 17.6 Å². The second-order valence-corrected chi connectivity index (χ2v) is 8.92. The van der Waals surface area contributed by atoms with Gasteiger partial charge >= 0.3 is 0 Å². The van der Waals surface area contributed by atoms with Crippen LogP contribution < -0.4 is 4.31 Å². The molecular formula is C21H18ClFN4O2S. The maximum atomic E-state index is 13.8. The van der Waals surface area contributed by atoms with Crippen LogP contribution in [0, 0.1) is 5.82 Å². The van der Waals surface area contributed by atoms with Crippen molar-refractivity contribution in [3.63, 3.8) is 0 Å². The highest BCUT2D eigenvalue weighted by Gasteiger charge is 2.29. The van der Waals surface area contributed by atoms with Gasteiger partial charge in [-0.05, 0) is 48.0 Å². The third-order valence-electron chi connectivity index (χ3n) is 4.67. The van der Waals surface area contributed by atoms with Crippen LogP contribution in [0.15, 0.2) is 71.8 Å². The lowest BCUT2D eigenvalue weighted by atomic mass is 10.2. The lowest BCUT2D eigenvalue weighted by Crippen LogP contribution is -2.31. The fourth-order valence-electron chi connectivity index (χ4n) is 3.25. The molecular weight excluding hydrogens is 427 g/mol. The van der Waals surface area contributed by atoms with Crippen LogP contribution in [0.3, 0.4) is 0 Å². The molecule has 2 aromatic carbocycles. The van der Waals surface area contributed by atoms with Crippen LogP contribution in [0.5, 0.6) is 0 Å². The summed E-state index contributed by atoms with van der Waals surface area (Å²) >= 11 is 6.12. The number of hydrogen-bond acceptors (Lipinski definition) is 4. The van der Waals surface area contributed by atoms with E-state index in [9.17, 15) is 12.8 Å². The van der Waals surface area contributed by atoms with Crippen LogP contribution >= 0.6 is 11.6 Å². The number of fused-ring (bicyclic) bond motifs is 1. The Kier molecular flexibility index (Phi) is 5.44. The Balaban J connectivity index is 1.88. The quantitative estimate of drug-likeness (QED) is 0.439. The Morgan fingerprint density at radius 1 is 1.07 bits per heavy atom. The molecule has 0 fully saturated rings. The van der Waals surface area contributed by atoms with Crippen molar-refractivity contribution in [3.8, 4) is 0 Å². The fourth-order valence-corrected chi connectivity index (χ4v) is 5.00. The van der Waals surface area contributed by atoms with E-state index in [2.05, 4.69) is 10.2 Å². The molecule has 154 valence electrons. The molecule has 30 heavy (non-hydrogen) atoms. The lowest BCUT2D eigenvalue weighted by molar-refractivity contribution is 0.590. The van der Waals surface area contributed by atoms with E-state index in [-0.39, 0.29) is 17.1 Å². The minimum atomic E-state index is -4.07. The van der Waals surface area contributed by atoms with Gasteiger partial charge in [0.1, 0.15) is 16.5 Å². The molecule has 0 atom stereocenters. The Bertz CT molecular complexity index is 1320. The summed E-state index contributed by atoms with van der Waals surface area (Å²) in [4.78, 5) is 0.00794. The number of benzene rings is 2. The van der Waals surface area contributed by atoms with Crippen molar-refractivity contribution in [3.05, 3.63) is 89.1 Å². The van der Waals surface area contributed by atoms with Gasteiger partial charge in [-0.15, -0.1) is 10.2 Å². The van der Waals surface area contributed by atoms with Gasteiger partial charge in [-0.3, -0.25) is 8.71 Å². The predicted octanol–water partition coefficient (Wildman–Crippen LogP) is 4.48. The van der Waals surface area contributed by atoms with Gasteiger partial charge in [-0.2, -0.15) is 0 Å². The average molecular weight is 445 g/mol. The monoisotopic (exact) mass is 444 g/mol. The molecule has 2 aromatic heterocycles. The van der Waals surface area contributed by atoms with E-state index < -0.39 is 15.8 Å². The van der Waals surface area contributed by atoms with E-state index >= 15 is 0 Å². The van der Waals surface area contributed by atoms with E-state index in [1.165, 1.54) is 22.5 Å². The summed E-state index contributed by atoms with van der Waals surface area (Å²) in [5.74, 6) is 0.213. The Hall–Kier alpha value is -2.97. The van der Waals surface area contributed by atoms with E-state index in [0.29, 0.717) is 28.5 Å². The SMILES string of the molecule is CCc1nnc2c(S(=O)(=O)N(Cc3cccc(F)c3)c3cccc(Cl)c3)cccn12. The number of rotatable bonds is 6. The zero-order valence-corrected chi connectivity index (χ0v) is 17.6. The number of nitrogens with zero attached hydrogens (tertiary/aromatic N) is 4. The summed E-state index contributed by atoms with van der Waals surface area (Å²) in [6.45, 7) is 1.84. The van der Waals surface area contributed by atoms with E-state index in [1.54, 1.807) is 53.1 Å². The van der Waals surface area contributed by atoms with Crippen molar-refractivity contribution >= 4 is 33.0 Å². The molecule has 0 N–H and O–H groups in total. The third-order valence-corrected chi connectivity index (χ3v) is 6.69. The number of halogens is 2. The van der Waals surface area contributed by atoms with Crippen molar-refractivity contribution in [2.75, 3.05) is 4.31 Å². The number of aryl methyl sites for hydroxylation is 1. The highest BCUT2D eigenvalue weighted by molar-refractivity contribution is 7.93. The van der Waals surface area contributed by atoms with Crippen LogP contribution in [0.25, 0.3) is 5.65 Å². The smallest absolute Gasteiger partial charge is 0.268 e. The molecule has 4 aromatic rings. The van der Waals surface area contributed by atoms with E-state index in [1.807, 2.05) is 6.92 Å². The summed E-state index contributed by atoms with van der Waals surface area (Å²) in [5.41, 5.74) is 1.10. The fraction of sp³-hybridized carbons (Fsp3) is 0.143. The largest absolute Gasteiger partial charge is 0.285 e. The molecule has 0 spiro atoms. The second-order valence-electron chi connectivity index (χ2n) is 6.66. The standard InChI is InChI=1S/C21H18ClFN4O2S/c1-2-20-24-25-21-19(10-5-11-26(20)21)30(28,29)27(18-9-4-7-16(22)13-18)14-15-6-3-8-17(23)12-15/h3-13H,2,14H2,1H3. The van der Waals surface area contributed by atoms with Gasteiger partial charge in [-0.1, -0.05) is 36.7 Å². The molecule has 0 unspecified atom stereocenters. The van der Waals surface area contributed by atoms with Crippen LogP contribution in [0.4, 0.5) is 10.1 Å². The van der Waals surface area contributed by atoms with Gasteiger partial charge in [0.25, 0.3) is 10.0 Å². The number of hydrogen-bond donors (Lipinski definition) is 0. The summed E-state index contributed by atoms with van der Waals surface area (Å²) < 4.78 is 44.1. The van der Waals surface area contributed by atoms with E-state index in [4.69, 9.17) is 11.6 Å². The van der Waals surface area contributed by atoms with Crippen molar-refractivity contribution < 1.29 is 12.8 Å². The molecule has 0 radical (unpaired) electrons.